The number of fused-ring (bicyclic) bond motifs is 1. The van der Waals surface area contributed by atoms with E-state index >= 15 is 0 Å². The molecule has 5 nitrogen and oxygen atoms in total. The van der Waals surface area contributed by atoms with Crippen LogP contribution in [-0.4, -0.2) is 14.5 Å². The molecule has 1 aromatic carbocycles. The summed E-state index contributed by atoms with van der Waals surface area (Å²) in [6, 6.07) is 13.9. The number of pyridine rings is 1. The van der Waals surface area contributed by atoms with Crippen molar-refractivity contribution in [1.29, 1.82) is 5.26 Å². The summed E-state index contributed by atoms with van der Waals surface area (Å²) in [5, 5.41) is 8.75. The van der Waals surface area contributed by atoms with E-state index in [1.165, 1.54) is 0 Å². The molecule has 0 atom stereocenters. The van der Waals surface area contributed by atoms with Gasteiger partial charge in [0.05, 0.1) is 6.07 Å². The van der Waals surface area contributed by atoms with Gasteiger partial charge in [0.2, 0.25) is 0 Å². The lowest BCUT2D eigenvalue weighted by molar-refractivity contribution is 0.289. The molecule has 2 heterocycles. The highest BCUT2D eigenvalue weighted by atomic mass is 16.5. The van der Waals surface area contributed by atoms with Crippen molar-refractivity contribution >= 4 is 11.2 Å². The zero-order chi connectivity index (χ0) is 16.1. The van der Waals surface area contributed by atoms with Crippen LogP contribution in [0.15, 0.2) is 42.6 Å². The average molecular weight is 306 g/mol. The molecule has 0 bridgehead atoms. The fourth-order valence-corrected chi connectivity index (χ4v) is 2.48. The second-order valence-corrected chi connectivity index (χ2v) is 5.40. The Labute approximate surface area is 135 Å². The monoisotopic (exact) mass is 306 g/mol. The van der Waals surface area contributed by atoms with E-state index in [9.17, 15) is 0 Å². The van der Waals surface area contributed by atoms with Crippen LogP contribution in [0.25, 0.3) is 11.2 Å². The molecule has 0 aliphatic carbocycles. The standard InChI is InChI=1S/C18H18N4O/c1-14-11-16-18(20-12-14)22(10-6-5-9-19)17(21-16)13-23-15-7-3-2-4-8-15/h2-4,7-8,11-12H,5-6,10,13H2,1H3. The summed E-state index contributed by atoms with van der Waals surface area (Å²) in [5.74, 6) is 1.65. The third-order valence-corrected chi connectivity index (χ3v) is 3.58. The minimum absolute atomic E-state index is 0.381. The van der Waals surface area contributed by atoms with E-state index in [1.807, 2.05) is 49.5 Å². The maximum absolute atomic E-state index is 8.75. The first-order chi connectivity index (χ1) is 11.3. The average Bonchev–Trinajstić information content (AvgIpc) is 2.91. The maximum Gasteiger partial charge on any atom is 0.160 e. The summed E-state index contributed by atoms with van der Waals surface area (Å²) in [4.78, 5) is 9.16. The smallest absolute Gasteiger partial charge is 0.160 e. The van der Waals surface area contributed by atoms with Gasteiger partial charge in [0.1, 0.15) is 23.7 Å². The predicted octanol–water partition coefficient (Wildman–Crippen LogP) is 3.62. The van der Waals surface area contributed by atoms with Gasteiger partial charge in [-0.1, -0.05) is 18.2 Å². The maximum atomic E-state index is 8.75. The Bertz CT molecular complexity index is 833. The molecule has 2 aromatic heterocycles. The van der Waals surface area contributed by atoms with Crippen LogP contribution in [0.3, 0.4) is 0 Å². The number of benzene rings is 1. The van der Waals surface area contributed by atoms with Gasteiger partial charge < -0.3 is 9.30 Å². The van der Waals surface area contributed by atoms with Crippen molar-refractivity contribution in [3.05, 3.63) is 54.0 Å². The minimum atomic E-state index is 0.381. The molecule has 0 fully saturated rings. The number of nitrogens with zero attached hydrogens (tertiary/aromatic N) is 4. The van der Waals surface area contributed by atoms with Gasteiger partial charge in [-0.15, -0.1) is 0 Å². The van der Waals surface area contributed by atoms with Crippen molar-refractivity contribution in [1.82, 2.24) is 14.5 Å². The van der Waals surface area contributed by atoms with Crippen molar-refractivity contribution in [2.45, 2.75) is 32.9 Å². The van der Waals surface area contributed by atoms with E-state index in [1.54, 1.807) is 0 Å². The predicted molar refractivity (Wildman–Crippen MR) is 87.9 cm³/mol. The van der Waals surface area contributed by atoms with E-state index in [4.69, 9.17) is 10.00 Å². The minimum Gasteiger partial charge on any atom is -0.486 e. The summed E-state index contributed by atoms with van der Waals surface area (Å²) < 4.78 is 7.87. The first-order valence-electron chi connectivity index (χ1n) is 7.64. The first kappa shape index (κ1) is 15.0. The Morgan fingerprint density at radius 2 is 2.09 bits per heavy atom. The third kappa shape index (κ3) is 3.49. The number of imidazole rings is 1. The molecule has 3 rings (SSSR count). The molecule has 0 unspecified atom stereocenters. The highest BCUT2D eigenvalue weighted by Gasteiger charge is 2.12. The van der Waals surface area contributed by atoms with Crippen LogP contribution in [-0.2, 0) is 13.2 Å². The van der Waals surface area contributed by atoms with E-state index in [2.05, 4.69) is 20.6 Å². The number of hydrogen-bond donors (Lipinski definition) is 0. The van der Waals surface area contributed by atoms with Crippen molar-refractivity contribution in [2.24, 2.45) is 0 Å². The van der Waals surface area contributed by atoms with Crippen molar-refractivity contribution in [3.63, 3.8) is 0 Å². The Kier molecular flexibility index (Phi) is 4.53. The van der Waals surface area contributed by atoms with Crippen LogP contribution in [0.1, 0.15) is 24.2 Å². The molecule has 5 heteroatoms. The second kappa shape index (κ2) is 6.93. The van der Waals surface area contributed by atoms with E-state index < -0.39 is 0 Å². The summed E-state index contributed by atoms with van der Waals surface area (Å²) in [5.41, 5.74) is 2.79. The fraction of sp³-hybridized carbons (Fsp3) is 0.278. The van der Waals surface area contributed by atoms with Gasteiger partial charge in [0, 0.05) is 19.2 Å². The molecule has 0 radical (unpaired) electrons. The lowest BCUT2D eigenvalue weighted by Gasteiger charge is -2.09. The van der Waals surface area contributed by atoms with Gasteiger partial charge in [-0.3, -0.25) is 0 Å². The van der Waals surface area contributed by atoms with Crippen LogP contribution >= 0.6 is 0 Å². The van der Waals surface area contributed by atoms with Crippen LogP contribution < -0.4 is 4.74 Å². The van der Waals surface area contributed by atoms with Gasteiger partial charge in [-0.25, -0.2) is 9.97 Å². The molecule has 0 amide bonds. The van der Waals surface area contributed by atoms with Gasteiger partial charge in [0.25, 0.3) is 0 Å². The van der Waals surface area contributed by atoms with E-state index in [0.717, 1.165) is 34.7 Å². The quantitative estimate of drug-likeness (QED) is 0.652. The van der Waals surface area contributed by atoms with Crippen molar-refractivity contribution in [2.75, 3.05) is 0 Å². The second-order valence-electron chi connectivity index (χ2n) is 5.40. The summed E-state index contributed by atoms with van der Waals surface area (Å²) in [7, 11) is 0. The van der Waals surface area contributed by atoms with Crippen LogP contribution in [0.2, 0.25) is 0 Å². The Morgan fingerprint density at radius 1 is 1.26 bits per heavy atom. The van der Waals surface area contributed by atoms with Crippen LogP contribution in [0, 0.1) is 18.3 Å². The zero-order valence-electron chi connectivity index (χ0n) is 13.1. The van der Waals surface area contributed by atoms with Gasteiger partial charge >= 0.3 is 0 Å². The van der Waals surface area contributed by atoms with Crippen molar-refractivity contribution < 1.29 is 4.74 Å². The van der Waals surface area contributed by atoms with Crippen LogP contribution in [0.5, 0.6) is 5.75 Å². The van der Waals surface area contributed by atoms with E-state index in [0.29, 0.717) is 19.6 Å². The summed E-state index contributed by atoms with van der Waals surface area (Å²) in [6.07, 6.45) is 3.13. The number of rotatable bonds is 6. The molecular weight excluding hydrogens is 288 g/mol. The molecule has 0 N–H and O–H groups in total. The Morgan fingerprint density at radius 3 is 2.87 bits per heavy atom. The molecule has 0 aliphatic heterocycles. The van der Waals surface area contributed by atoms with Crippen LogP contribution in [0.4, 0.5) is 0 Å². The number of unbranched alkanes of at least 4 members (excludes halogenated alkanes) is 1. The molecule has 0 saturated carbocycles. The third-order valence-electron chi connectivity index (χ3n) is 3.58. The first-order valence-corrected chi connectivity index (χ1v) is 7.64. The topological polar surface area (TPSA) is 63.7 Å². The molecule has 3 aromatic rings. The normalized spacial score (nSPS) is 10.6. The lowest BCUT2D eigenvalue weighted by Crippen LogP contribution is -2.08. The molecule has 23 heavy (non-hydrogen) atoms. The van der Waals surface area contributed by atoms with Gasteiger partial charge in [-0.05, 0) is 37.1 Å². The number of ether oxygens (including phenoxy) is 1. The molecule has 0 saturated heterocycles. The highest BCUT2D eigenvalue weighted by Crippen LogP contribution is 2.18. The van der Waals surface area contributed by atoms with Gasteiger partial charge in [-0.2, -0.15) is 5.26 Å². The number of aryl methyl sites for hydroxylation is 2. The number of aromatic nitrogens is 3. The largest absolute Gasteiger partial charge is 0.486 e. The molecular formula is C18H18N4O. The number of nitriles is 1. The van der Waals surface area contributed by atoms with E-state index in [-0.39, 0.29) is 0 Å². The highest BCUT2D eigenvalue weighted by molar-refractivity contribution is 5.72. The Balaban J connectivity index is 1.87. The number of hydrogen-bond acceptors (Lipinski definition) is 4. The fourth-order valence-electron chi connectivity index (χ4n) is 2.48. The SMILES string of the molecule is Cc1cnc2c(c1)nc(COc1ccccc1)n2CCCC#N. The van der Waals surface area contributed by atoms with Crippen molar-refractivity contribution in [3.8, 4) is 11.8 Å². The molecule has 0 spiro atoms. The zero-order valence-corrected chi connectivity index (χ0v) is 13.1. The summed E-state index contributed by atoms with van der Waals surface area (Å²) in [6.45, 7) is 3.10. The Hall–Kier alpha value is -2.87. The van der Waals surface area contributed by atoms with Gasteiger partial charge in [0.15, 0.2) is 5.65 Å². The molecule has 116 valence electrons. The summed E-state index contributed by atoms with van der Waals surface area (Å²) >= 11 is 0. The molecule has 0 aliphatic rings. The lowest BCUT2D eigenvalue weighted by atomic mass is 10.3. The number of para-hydroxylation sites is 1.